The van der Waals surface area contributed by atoms with Gasteiger partial charge in [0.25, 0.3) is 0 Å². The van der Waals surface area contributed by atoms with Crippen LogP contribution in [0.4, 0.5) is 0 Å². The summed E-state index contributed by atoms with van der Waals surface area (Å²) in [7, 11) is 0. The predicted octanol–water partition coefficient (Wildman–Crippen LogP) is 1.64. The van der Waals surface area contributed by atoms with Crippen molar-refractivity contribution in [3.63, 3.8) is 0 Å². The Morgan fingerprint density at radius 2 is 2.43 bits per heavy atom. The molecule has 0 amide bonds. The molecule has 2 N–H and O–H groups in total. The van der Waals surface area contributed by atoms with Crippen LogP contribution in [0.2, 0.25) is 0 Å². The van der Waals surface area contributed by atoms with Crippen molar-refractivity contribution >= 4 is 11.3 Å². The van der Waals surface area contributed by atoms with Crippen LogP contribution in [0.25, 0.3) is 0 Å². The molecule has 1 aromatic heterocycles. The highest BCUT2D eigenvalue weighted by Gasteiger charge is 2.11. The normalized spacial score (nSPS) is 15.4. The first-order chi connectivity index (χ1) is 6.74. The zero-order valence-corrected chi connectivity index (χ0v) is 9.55. The highest BCUT2D eigenvalue weighted by molar-refractivity contribution is 7.09. The lowest BCUT2D eigenvalue weighted by molar-refractivity contribution is 0.113. The lowest BCUT2D eigenvalue weighted by atomic mass is 10.0. The summed E-state index contributed by atoms with van der Waals surface area (Å²) in [5.74, 6) is 0.365. The topological polar surface area (TPSA) is 45.1 Å². The molecule has 0 spiro atoms. The Labute approximate surface area is 89.2 Å². The number of aliphatic hydroxyl groups is 1. The zero-order chi connectivity index (χ0) is 10.4. The van der Waals surface area contributed by atoms with Gasteiger partial charge in [-0.05, 0) is 5.92 Å². The maximum absolute atomic E-state index is 9.67. The Bertz CT molecular complexity index is 238. The molecule has 0 bridgehead atoms. The van der Waals surface area contributed by atoms with Gasteiger partial charge in [-0.2, -0.15) is 0 Å². The van der Waals surface area contributed by atoms with Crippen LogP contribution in [0.15, 0.2) is 11.7 Å². The smallest absolute Gasteiger partial charge is 0.0794 e. The van der Waals surface area contributed by atoms with E-state index in [9.17, 15) is 5.11 Å². The van der Waals surface area contributed by atoms with Crippen LogP contribution in [0.1, 0.15) is 25.1 Å². The van der Waals surface area contributed by atoms with E-state index in [4.69, 9.17) is 0 Å². The Morgan fingerprint density at radius 3 is 3.00 bits per heavy atom. The summed E-state index contributed by atoms with van der Waals surface area (Å²) in [6.07, 6.45) is 2.63. The molecule has 1 aromatic rings. The van der Waals surface area contributed by atoms with E-state index in [1.165, 1.54) is 4.88 Å². The molecular weight excluding hydrogens is 196 g/mol. The predicted molar refractivity (Wildman–Crippen MR) is 59.3 cm³/mol. The molecule has 0 aliphatic heterocycles. The van der Waals surface area contributed by atoms with Gasteiger partial charge in [-0.1, -0.05) is 20.3 Å². The van der Waals surface area contributed by atoms with E-state index in [2.05, 4.69) is 24.1 Å². The molecular formula is C10H18N2OS. The summed E-state index contributed by atoms with van der Waals surface area (Å²) < 4.78 is 0. The van der Waals surface area contributed by atoms with Crippen LogP contribution >= 0.6 is 11.3 Å². The van der Waals surface area contributed by atoms with Gasteiger partial charge < -0.3 is 10.4 Å². The number of aromatic nitrogens is 1. The van der Waals surface area contributed by atoms with Crippen LogP contribution in [-0.4, -0.2) is 22.7 Å². The number of nitrogens with zero attached hydrogens (tertiary/aromatic N) is 1. The van der Waals surface area contributed by atoms with Crippen LogP contribution in [0, 0.1) is 5.92 Å². The molecule has 0 aliphatic carbocycles. The second-order valence-electron chi connectivity index (χ2n) is 3.55. The fourth-order valence-electron chi connectivity index (χ4n) is 1.15. The number of nitrogens with one attached hydrogen (secondary N) is 1. The summed E-state index contributed by atoms with van der Waals surface area (Å²) in [5, 5.41) is 12.9. The third-order valence-electron chi connectivity index (χ3n) is 2.44. The summed E-state index contributed by atoms with van der Waals surface area (Å²) in [6.45, 7) is 5.63. The Balaban J connectivity index is 2.15. The second kappa shape index (κ2) is 6.11. The van der Waals surface area contributed by atoms with E-state index in [1.54, 1.807) is 11.3 Å². The van der Waals surface area contributed by atoms with Gasteiger partial charge in [0.1, 0.15) is 0 Å². The largest absolute Gasteiger partial charge is 0.392 e. The van der Waals surface area contributed by atoms with Crippen molar-refractivity contribution in [3.05, 3.63) is 16.6 Å². The number of hydrogen-bond donors (Lipinski definition) is 2. The van der Waals surface area contributed by atoms with Gasteiger partial charge >= 0.3 is 0 Å². The summed E-state index contributed by atoms with van der Waals surface area (Å²) in [4.78, 5) is 5.20. The molecule has 80 valence electrons. The number of thiazole rings is 1. The van der Waals surface area contributed by atoms with Gasteiger partial charge in [-0.3, -0.25) is 4.98 Å². The molecule has 0 fully saturated rings. The molecule has 0 saturated heterocycles. The van der Waals surface area contributed by atoms with Gasteiger partial charge in [0.15, 0.2) is 0 Å². The van der Waals surface area contributed by atoms with E-state index >= 15 is 0 Å². The molecule has 2 atom stereocenters. The quantitative estimate of drug-likeness (QED) is 0.756. The summed E-state index contributed by atoms with van der Waals surface area (Å²) in [6, 6.07) is 0. The summed E-state index contributed by atoms with van der Waals surface area (Å²) in [5.41, 5.74) is 1.82. The third-order valence-corrected chi connectivity index (χ3v) is 3.22. The van der Waals surface area contributed by atoms with Crippen molar-refractivity contribution < 1.29 is 5.11 Å². The summed E-state index contributed by atoms with van der Waals surface area (Å²) >= 11 is 1.63. The molecule has 14 heavy (non-hydrogen) atoms. The van der Waals surface area contributed by atoms with Crippen LogP contribution in [-0.2, 0) is 6.54 Å². The molecule has 4 heteroatoms. The molecule has 0 saturated carbocycles. The standard InChI is InChI=1S/C10H18N2OS/c1-3-8(2)10(13)6-11-4-9-5-12-7-14-9/h5,7-8,10-11,13H,3-4,6H2,1-2H3. The van der Waals surface area contributed by atoms with E-state index in [0.29, 0.717) is 12.5 Å². The zero-order valence-electron chi connectivity index (χ0n) is 8.73. The lowest BCUT2D eigenvalue weighted by Crippen LogP contribution is -2.30. The minimum Gasteiger partial charge on any atom is -0.392 e. The molecule has 2 unspecified atom stereocenters. The van der Waals surface area contributed by atoms with Gasteiger partial charge in [0, 0.05) is 24.2 Å². The van der Waals surface area contributed by atoms with E-state index in [0.717, 1.165) is 13.0 Å². The van der Waals surface area contributed by atoms with Crippen molar-refractivity contribution in [1.82, 2.24) is 10.3 Å². The third kappa shape index (κ3) is 3.74. The van der Waals surface area contributed by atoms with Gasteiger partial charge in [-0.25, -0.2) is 0 Å². The van der Waals surface area contributed by atoms with Crippen LogP contribution in [0.3, 0.4) is 0 Å². The molecule has 3 nitrogen and oxygen atoms in total. The Morgan fingerprint density at radius 1 is 1.64 bits per heavy atom. The SMILES string of the molecule is CCC(C)C(O)CNCc1cncs1. The average Bonchev–Trinajstić information content (AvgIpc) is 2.69. The molecule has 0 aliphatic rings. The van der Waals surface area contributed by atoms with E-state index in [1.807, 2.05) is 11.7 Å². The number of aliphatic hydroxyl groups excluding tert-OH is 1. The molecule has 1 rings (SSSR count). The van der Waals surface area contributed by atoms with Gasteiger partial charge in [0.05, 0.1) is 11.6 Å². The van der Waals surface area contributed by atoms with Crippen molar-refractivity contribution in [2.24, 2.45) is 5.92 Å². The molecule has 0 aromatic carbocycles. The minimum atomic E-state index is -0.243. The lowest BCUT2D eigenvalue weighted by Gasteiger charge is -2.17. The Hall–Kier alpha value is -0.450. The maximum Gasteiger partial charge on any atom is 0.0794 e. The molecule has 0 radical (unpaired) electrons. The highest BCUT2D eigenvalue weighted by Crippen LogP contribution is 2.07. The first-order valence-electron chi connectivity index (χ1n) is 5.00. The van der Waals surface area contributed by atoms with Crippen molar-refractivity contribution in [1.29, 1.82) is 0 Å². The second-order valence-corrected chi connectivity index (χ2v) is 4.52. The van der Waals surface area contributed by atoms with Crippen molar-refractivity contribution in [2.45, 2.75) is 32.9 Å². The first kappa shape index (κ1) is 11.6. The van der Waals surface area contributed by atoms with Gasteiger partial charge in [0.2, 0.25) is 0 Å². The first-order valence-corrected chi connectivity index (χ1v) is 5.88. The van der Waals surface area contributed by atoms with Crippen LogP contribution < -0.4 is 5.32 Å². The van der Waals surface area contributed by atoms with Crippen molar-refractivity contribution in [2.75, 3.05) is 6.54 Å². The fraction of sp³-hybridized carbons (Fsp3) is 0.700. The van der Waals surface area contributed by atoms with Crippen LogP contribution in [0.5, 0.6) is 0 Å². The number of rotatable bonds is 6. The minimum absolute atomic E-state index is 0.243. The van der Waals surface area contributed by atoms with Crippen molar-refractivity contribution in [3.8, 4) is 0 Å². The fourth-order valence-corrected chi connectivity index (χ4v) is 1.71. The van der Waals surface area contributed by atoms with Gasteiger partial charge in [-0.15, -0.1) is 11.3 Å². The molecule has 1 heterocycles. The average molecular weight is 214 g/mol. The Kier molecular flexibility index (Phi) is 5.07. The van der Waals surface area contributed by atoms with E-state index in [-0.39, 0.29) is 6.10 Å². The monoisotopic (exact) mass is 214 g/mol. The highest BCUT2D eigenvalue weighted by atomic mass is 32.1. The maximum atomic E-state index is 9.67. The number of hydrogen-bond acceptors (Lipinski definition) is 4. The van der Waals surface area contributed by atoms with E-state index < -0.39 is 0 Å².